The van der Waals surface area contributed by atoms with E-state index in [1.165, 1.54) is 0 Å². The van der Waals surface area contributed by atoms with Crippen LogP contribution in [-0.4, -0.2) is 9.55 Å². The average Bonchev–Trinajstić information content (AvgIpc) is 3.84. The summed E-state index contributed by atoms with van der Waals surface area (Å²) in [4.78, 5) is 4.62. The number of benzene rings is 9. The van der Waals surface area contributed by atoms with E-state index in [4.69, 9.17) is 11.3 Å². The lowest BCUT2D eigenvalue weighted by atomic mass is 9.83. The van der Waals surface area contributed by atoms with Gasteiger partial charge in [0.2, 0.25) is 0 Å². The predicted molar refractivity (Wildman–Crippen MR) is 227 cm³/mol. The smallest absolute Gasteiger partial charge is 0.135 e. The summed E-state index contributed by atoms with van der Waals surface area (Å²) < 4.78 is 50.2. The fourth-order valence-corrected chi connectivity index (χ4v) is 8.52. The summed E-state index contributed by atoms with van der Waals surface area (Å²) in [5.74, 6) is -0.160. The zero-order valence-corrected chi connectivity index (χ0v) is 29.0. The van der Waals surface area contributed by atoms with Gasteiger partial charge in [-0.2, -0.15) is 0 Å². The van der Waals surface area contributed by atoms with E-state index in [2.05, 4.69) is 108 Å². The molecule has 0 aliphatic carbocycles. The van der Waals surface area contributed by atoms with Crippen LogP contribution in [0.3, 0.4) is 0 Å². The van der Waals surface area contributed by atoms with Crippen molar-refractivity contribution in [1.82, 2.24) is 9.55 Å². The Bertz CT molecular complexity index is 3470. The van der Waals surface area contributed by atoms with Crippen LogP contribution >= 0.6 is 0 Å². The number of fused-ring (bicyclic) bond motifs is 7. The maximum atomic E-state index is 8.87. The van der Waals surface area contributed by atoms with Crippen LogP contribution in [0.25, 0.3) is 104 Å². The SMILES string of the molecule is [2H]C([2H])([2H])C([2H])([2H])c1nc2ccccc2n1-c1ccc(-c2c3ccccc3c(-c3ccc4oc5ccccc5c4c3)c3cc(-c4ccccc4)ccc23)c2ccccc12. The van der Waals surface area contributed by atoms with Gasteiger partial charge in [0, 0.05) is 29.4 Å². The summed E-state index contributed by atoms with van der Waals surface area (Å²) in [5, 5.41) is 8.31. The van der Waals surface area contributed by atoms with Crippen molar-refractivity contribution in [2.24, 2.45) is 0 Å². The zero-order valence-electron chi connectivity index (χ0n) is 34.0. The topological polar surface area (TPSA) is 31.0 Å². The van der Waals surface area contributed by atoms with Gasteiger partial charge in [0.25, 0.3) is 0 Å². The lowest BCUT2D eigenvalue weighted by molar-refractivity contribution is 0.669. The number of furan rings is 1. The van der Waals surface area contributed by atoms with Crippen molar-refractivity contribution in [2.45, 2.75) is 13.2 Å². The number of hydrogen-bond donors (Lipinski definition) is 0. The minimum absolute atomic E-state index is 0.160. The molecule has 11 rings (SSSR count). The highest BCUT2D eigenvalue weighted by molar-refractivity contribution is 6.25. The fraction of sp³-hybridized carbons (Fsp3) is 0.0392. The van der Waals surface area contributed by atoms with Gasteiger partial charge < -0.3 is 4.42 Å². The molecular weight excluding hydrogens is 657 g/mol. The first-order valence-corrected chi connectivity index (χ1v) is 18.1. The summed E-state index contributed by atoms with van der Waals surface area (Å²) in [6.07, 6.45) is -2.73. The average molecular weight is 696 g/mol. The van der Waals surface area contributed by atoms with Crippen LogP contribution in [0.1, 0.15) is 19.5 Å². The van der Waals surface area contributed by atoms with Crippen LogP contribution in [-0.2, 0) is 6.37 Å². The van der Waals surface area contributed by atoms with Crippen LogP contribution in [0.4, 0.5) is 0 Å². The lowest BCUT2D eigenvalue weighted by Gasteiger charge is -2.21. The highest BCUT2D eigenvalue weighted by Gasteiger charge is 2.21. The number of aromatic nitrogens is 2. The number of rotatable bonds is 5. The Balaban J connectivity index is 1.23. The Morgan fingerprint density at radius 2 is 1.15 bits per heavy atom. The minimum Gasteiger partial charge on any atom is -0.456 e. The summed E-state index contributed by atoms with van der Waals surface area (Å²) >= 11 is 0. The molecule has 11 aromatic rings. The third-order valence-corrected chi connectivity index (χ3v) is 10.9. The van der Waals surface area contributed by atoms with Crippen molar-refractivity contribution >= 4 is 65.3 Å². The molecule has 0 unspecified atom stereocenters. The molecule has 0 saturated carbocycles. The fourth-order valence-electron chi connectivity index (χ4n) is 8.52. The Hall–Kier alpha value is -6.97. The molecule has 0 aliphatic heterocycles. The van der Waals surface area contributed by atoms with Crippen molar-refractivity contribution in [3.63, 3.8) is 0 Å². The maximum absolute atomic E-state index is 8.87. The quantitative estimate of drug-likeness (QED) is 0.168. The van der Waals surface area contributed by atoms with Crippen molar-refractivity contribution in [1.29, 1.82) is 0 Å². The van der Waals surface area contributed by atoms with Gasteiger partial charge >= 0.3 is 0 Å². The van der Waals surface area contributed by atoms with Crippen molar-refractivity contribution < 1.29 is 11.3 Å². The van der Waals surface area contributed by atoms with Crippen LogP contribution < -0.4 is 0 Å². The molecule has 0 bridgehead atoms. The van der Waals surface area contributed by atoms with E-state index in [1.807, 2.05) is 66.7 Å². The zero-order chi connectivity index (χ0) is 40.0. The molecule has 0 aliphatic rings. The molecule has 0 fully saturated rings. The number of aryl methyl sites for hydroxylation is 1. The second-order valence-electron chi connectivity index (χ2n) is 13.8. The molecule has 2 heterocycles. The van der Waals surface area contributed by atoms with E-state index in [1.54, 1.807) is 10.6 Å². The molecular formula is C51H34N2O. The van der Waals surface area contributed by atoms with Crippen molar-refractivity contribution in [3.8, 4) is 39.1 Å². The van der Waals surface area contributed by atoms with Gasteiger partial charge in [-0.1, -0.05) is 140 Å². The van der Waals surface area contributed by atoms with E-state index in [0.717, 1.165) is 87.6 Å². The first kappa shape index (κ1) is 25.9. The van der Waals surface area contributed by atoms with Crippen molar-refractivity contribution in [2.75, 3.05) is 0 Å². The van der Waals surface area contributed by atoms with Gasteiger partial charge in [-0.3, -0.25) is 4.57 Å². The van der Waals surface area contributed by atoms with Crippen LogP contribution in [0.5, 0.6) is 0 Å². The minimum atomic E-state index is -2.95. The standard InChI is InChI=1S/C51H34N2O/c1-2-49-52-44-21-11-12-22-46(44)53(49)45-28-27-40(35-16-6-7-17-36(35)45)51-39-20-9-8-19-38(39)50(43-30-33(24-26-41(43)51)32-14-4-3-5-15-32)34-25-29-48-42(31-34)37-18-10-13-23-47(37)54-48/h3-31H,2H2,1H3/i1D3,2D2. The number of hydrogen-bond acceptors (Lipinski definition) is 2. The Morgan fingerprint density at radius 1 is 0.500 bits per heavy atom. The molecule has 2 aromatic heterocycles. The summed E-state index contributed by atoms with van der Waals surface area (Å²) in [6, 6.07) is 60.0. The van der Waals surface area contributed by atoms with Gasteiger partial charge in [0.05, 0.1) is 16.7 Å². The molecule has 0 saturated heterocycles. The first-order chi connectivity index (χ1) is 28.7. The highest BCUT2D eigenvalue weighted by Crippen LogP contribution is 2.48. The molecule has 3 nitrogen and oxygen atoms in total. The summed E-state index contributed by atoms with van der Waals surface area (Å²) in [5.41, 5.74) is 10.0. The largest absolute Gasteiger partial charge is 0.456 e. The second-order valence-corrected chi connectivity index (χ2v) is 13.8. The van der Waals surface area contributed by atoms with Gasteiger partial charge in [0.15, 0.2) is 0 Å². The van der Waals surface area contributed by atoms with E-state index in [9.17, 15) is 0 Å². The molecule has 0 amide bonds. The molecule has 9 aromatic carbocycles. The summed E-state index contributed by atoms with van der Waals surface area (Å²) in [7, 11) is 0. The van der Waals surface area contributed by atoms with Gasteiger partial charge in [-0.05, 0) is 103 Å². The number of para-hydroxylation sites is 3. The van der Waals surface area contributed by atoms with E-state index < -0.39 is 13.2 Å². The predicted octanol–water partition coefficient (Wildman–Crippen LogP) is 13.9. The number of nitrogens with zero attached hydrogens (tertiary/aromatic N) is 2. The molecule has 0 radical (unpaired) electrons. The molecule has 0 atom stereocenters. The third-order valence-electron chi connectivity index (χ3n) is 10.9. The number of imidazole rings is 1. The monoisotopic (exact) mass is 695 g/mol. The summed E-state index contributed by atoms with van der Waals surface area (Å²) in [6.45, 7) is -2.95. The van der Waals surface area contributed by atoms with Crippen LogP contribution in [0.15, 0.2) is 180 Å². The molecule has 3 heteroatoms. The van der Waals surface area contributed by atoms with Gasteiger partial charge in [-0.25, -0.2) is 4.98 Å². The van der Waals surface area contributed by atoms with Gasteiger partial charge in [0.1, 0.15) is 17.0 Å². The maximum Gasteiger partial charge on any atom is 0.135 e. The van der Waals surface area contributed by atoms with E-state index >= 15 is 0 Å². The molecule has 54 heavy (non-hydrogen) atoms. The molecule has 0 spiro atoms. The van der Waals surface area contributed by atoms with Crippen LogP contribution in [0, 0.1) is 0 Å². The molecule has 254 valence electrons. The molecule has 0 N–H and O–H groups in total. The van der Waals surface area contributed by atoms with Gasteiger partial charge in [-0.15, -0.1) is 0 Å². The van der Waals surface area contributed by atoms with Crippen molar-refractivity contribution in [3.05, 3.63) is 182 Å². The second kappa shape index (κ2) is 12.0. The highest BCUT2D eigenvalue weighted by atomic mass is 16.3. The third kappa shape index (κ3) is 4.58. The normalized spacial score (nSPS) is 13.7. The van der Waals surface area contributed by atoms with E-state index in [-0.39, 0.29) is 5.82 Å². The van der Waals surface area contributed by atoms with Crippen LogP contribution in [0.2, 0.25) is 0 Å². The first-order valence-electron chi connectivity index (χ1n) is 20.6. The lowest BCUT2D eigenvalue weighted by Crippen LogP contribution is -2.01. The van der Waals surface area contributed by atoms with E-state index in [0.29, 0.717) is 16.7 Å². The Kier molecular flexibility index (Phi) is 5.78. The Morgan fingerprint density at radius 3 is 2.00 bits per heavy atom. The Labute approximate surface area is 319 Å².